The molecule has 0 radical (unpaired) electrons. The number of ether oxygens (including phenoxy) is 1. The Bertz CT molecular complexity index is 416. The van der Waals surface area contributed by atoms with Crippen molar-refractivity contribution in [3.05, 3.63) is 60.4 Å². The molecule has 2 aromatic rings. The summed E-state index contributed by atoms with van der Waals surface area (Å²) >= 11 is 0. The standard InChI is InChI=1S/C13H14N2O/c14-9-13(11-5-4-8-15-10-11)16-12-6-2-1-3-7-12/h1-8,10,13H,9,14H2. The van der Waals surface area contributed by atoms with Crippen LogP contribution in [0, 0.1) is 0 Å². The van der Waals surface area contributed by atoms with Crippen LogP contribution in [0.4, 0.5) is 0 Å². The van der Waals surface area contributed by atoms with E-state index in [-0.39, 0.29) is 6.10 Å². The van der Waals surface area contributed by atoms with Gasteiger partial charge in [0.1, 0.15) is 11.9 Å². The molecule has 0 aliphatic rings. The van der Waals surface area contributed by atoms with Crippen molar-refractivity contribution in [2.24, 2.45) is 5.73 Å². The van der Waals surface area contributed by atoms with E-state index in [1.54, 1.807) is 12.4 Å². The molecule has 0 spiro atoms. The second-order valence-electron chi connectivity index (χ2n) is 3.44. The molecular formula is C13H14N2O. The maximum atomic E-state index is 5.78. The molecule has 0 amide bonds. The third-order valence-electron chi connectivity index (χ3n) is 2.29. The fraction of sp³-hybridized carbons (Fsp3) is 0.154. The lowest BCUT2D eigenvalue weighted by Gasteiger charge is -2.17. The first-order valence-electron chi connectivity index (χ1n) is 5.22. The Morgan fingerprint density at radius 1 is 1.12 bits per heavy atom. The topological polar surface area (TPSA) is 48.1 Å². The molecule has 1 aromatic heterocycles. The van der Waals surface area contributed by atoms with E-state index in [0.29, 0.717) is 6.54 Å². The van der Waals surface area contributed by atoms with Gasteiger partial charge in [-0.05, 0) is 18.2 Å². The first kappa shape index (κ1) is 10.6. The van der Waals surface area contributed by atoms with Gasteiger partial charge in [0, 0.05) is 24.5 Å². The summed E-state index contributed by atoms with van der Waals surface area (Å²) in [6, 6.07) is 13.5. The highest BCUT2D eigenvalue weighted by Gasteiger charge is 2.10. The van der Waals surface area contributed by atoms with Gasteiger partial charge in [-0.2, -0.15) is 0 Å². The second-order valence-corrected chi connectivity index (χ2v) is 3.44. The van der Waals surface area contributed by atoms with Crippen molar-refractivity contribution >= 4 is 0 Å². The van der Waals surface area contributed by atoms with Crippen LogP contribution in [0.3, 0.4) is 0 Å². The number of nitrogens with zero attached hydrogens (tertiary/aromatic N) is 1. The minimum Gasteiger partial charge on any atom is -0.484 e. The Labute approximate surface area is 94.9 Å². The average Bonchev–Trinajstić information content (AvgIpc) is 2.38. The van der Waals surface area contributed by atoms with Crippen LogP contribution < -0.4 is 10.5 Å². The number of benzene rings is 1. The van der Waals surface area contributed by atoms with Crippen LogP contribution in [0.15, 0.2) is 54.9 Å². The van der Waals surface area contributed by atoms with E-state index in [4.69, 9.17) is 10.5 Å². The van der Waals surface area contributed by atoms with Gasteiger partial charge in [0.25, 0.3) is 0 Å². The molecule has 16 heavy (non-hydrogen) atoms. The van der Waals surface area contributed by atoms with Crippen molar-refractivity contribution in [2.75, 3.05) is 6.54 Å². The van der Waals surface area contributed by atoms with Crippen LogP contribution in [0.1, 0.15) is 11.7 Å². The lowest BCUT2D eigenvalue weighted by Crippen LogP contribution is -2.18. The number of para-hydroxylation sites is 1. The molecule has 2 rings (SSSR count). The van der Waals surface area contributed by atoms with Gasteiger partial charge in [-0.3, -0.25) is 4.98 Å². The van der Waals surface area contributed by atoms with Gasteiger partial charge in [0.2, 0.25) is 0 Å². The smallest absolute Gasteiger partial charge is 0.137 e. The number of nitrogens with two attached hydrogens (primary N) is 1. The van der Waals surface area contributed by atoms with E-state index in [0.717, 1.165) is 11.3 Å². The van der Waals surface area contributed by atoms with E-state index in [2.05, 4.69) is 4.98 Å². The van der Waals surface area contributed by atoms with Crippen molar-refractivity contribution in [1.82, 2.24) is 4.98 Å². The summed E-state index contributed by atoms with van der Waals surface area (Å²) in [5.74, 6) is 0.821. The largest absolute Gasteiger partial charge is 0.484 e. The normalized spacial score (nSPS) is 12.1. The maximum absolute atomic E-state index is 5.78. The van der Waals surface area contributed by atoms with Crippen molar-refractivity contribution in [2.45, 2.75) is 6.10 Å². The average molecular weight is 214 g/mol. The Morgan fingerprint density at radius 3 is 2.56 bits per heavy atom. The first-order chi connectivity index (χ1) is 7.90. The van der Waals surface area contributed by atoms with Crippen LogP contribution in [0.2, 0.25) is 0 Å². The number of pyridine rings is 1. The third-order valence-corrected chi connectivity index (χ3v) is 2.29. The molecule has 1 aromatic carbocycles. The molecule has 1 unspecified atom stereocenters. The highest BCUT2D eigenvalue weighted by atomic mass is 16.5. The van der Waals surface area contributed by atoms with Gasteiger partial charge >= 0.3 is 0 Å². The van der Waals surface area contributed by atoms with Gasteiger partial charge in [0.15, 0.2) is 0 Å². The fourth-order valence-electron chi connectivity index (χ4n) is 1.48. The molecule has 3 nitrogen and oxygen atoms in total. The zero-order valence-electron chi connectivity index (χ0n) is 8.91. The zero-order chi connectivity index (χ0) is 11.2. The first-order valence-corrected chi connectivity index (χ1v) is 5.22. The molecule has 1 atom stereocenters. The molecule has 0 aliphatic heterocycles. The Balaban J connectivity index is 2.13. The summed E-state index contributed by atoms with van der Waals surface area (Å²) in [6.07, 6.45) is 3.37. The van der Waals surface area contributed by atoms with Crippen molar-refractivity contribution < 1.29 is 4.74 Å². The molecule has 0 saturated heterocycles. The highest BCUT2D eigenvalue weighted by Crippen LogP contribution is 2.19. The van der Waals surface area contributed by atoms with Crippen molar-refractivity contribution in [3.8, 4) is 5.75 Å². The number of hydrogen-bond donors (Lipinski definition) is 1. The minimum atomic E-state index is -0.143. The summed E-state index contributed by atoms with van der Waals surface area (Å²) in [4.78, 5) is 4.06. The second kappa shape index (κ2) is 5.28. The summed E-state index contributed by atoms with van der Waals surface area (Å²) < 4.78 is 5.78. The van der Waals surface area contributed by atoms with E-state index >= 15 is 0 Å². The van der Waals surface area contributed by atoms with Gasteiger partial charge in [-0.1, -0.05) is 24.3 Å². The van der Waals surface area contributed by atoms with E-state index in [1.165, 1.54) is 0 Å². The number of rotatable bonds is 4. The molecule has 3 heteroatoms. The Morgan fingerprint density at radius 2 is 1.94 bits per heavy atom. The fourth-order valence-corrected chi connectivity index (χ4v) is 1.48. The summed E-state index contributed by atoms with van der Waals surface area (Å²) in [5, 5.41) is 0. The lowest BCUT2D eigenvalue weighted by molar-refractivity contribution is 0.214. The molecule has 0 bridgehead atoms. The van der Waals surface area contributed by atoms with Crippen molar-refractivity contribution in [3.63, 3.8) is 0 Å². The number of hydrogen-bond acceptors (Lipinski definition) is 3. The predicted molar refractivity (Wildman–Crippen MR) is 63.1 cm³/mol. The van der Waals surface area contributed by atoms with Crippen LogP contribution in [-0.2, 0) is 0 Å². The van der Waals surface area contributed by atoms with Crippen LogP contribution >= 0.6 is 0 Å². The van der Waals surface area contributed by atoms with E-state index in [1.807, 2.05) is 42.5 Å². The van der Waals surface area contributed by atoms with Gasteiger partial charge in [-0.15, -0.1) is 0 Å². The summed E-state index contributed by atoms with van der Waals surface area (Å²) in [7, 11) is 0. The molecule has 82 valence electrons. The lowest BCUT2D eigenvalue weighted by atomic mass is 10.1. The Hall–Kier alpha value is -1.87. The number of aromatic nitrogens is 1. The van der Waals surface area contributed by atoms with Gasteiger partial charge in [0.05, 0.1) is 0 Å². The zero-order valence-corrected chi connectivity index (χ0v) is 8.91. The van der Waals surface area contributed by atoms with Crippen LogP contribution in [0.25, 0.3) is 0 Å². The monoisotopic (exact) mass is 214 g/mol. The van der Waals surface area contributed by atoms with Crippen LogP contribution in [-0.4, -0.2) is 11.5 Å². The molecule has 0 saturated carbocycles. The van der Waals surface area contributed by atoms with Crippen molar-refractivity contribution in [1.29, 1.82) is 0 Å². The summed E-state index contributed by atoms with van der Waals surface area (Å²) in [5.41, 5.74) is 6.69. The van der Waals surface area contributed by atoms with E-state index in [9.17, 15) is 0 Å². The highest BCUT2D eigenvalue weighted by molar-refractivity contribution is 5.23. The summed E-state index contributed by atoms with van der Waals surface area (Å²) in [6.45, 7) is 0.431. The molecule has 1 heterocycles. The van der Waals surface area contributed by atoms with E-state index < -0.39 is 0 Å². The molecule has 0 aliphatic carbocycles. The molecular weight excluding hydrogens is 200 g/mol. The SMILES string of the molecule is NCC(Oc1ccccc1)c1cccnc1. The molecule has 2 N–H and O–H groups in total. The minimum absolute atomic E-state index is 0.143. The third kappa shape index (κ3) is 2.58. The Kier molecular flexibility index (Phi) is 3.51. The molecule has 0 fully saturated rings. The van der Waals surface area contributed by atoms with Gasteiger partial charge in [-0.25, -0.2) is 0 Å². The predicted octanol–water partition coefficient (Wildman–Crippen LogP) is 2.16. The van der Waals surface area contributed by atoms with Gasteiger partial charge < -0.3 is 10.5 Å². The van der Waals surface area contributed by atoms with Crippen LogP contribution in [0.5, 0.6) is 5.75 Å². The maximum Gasteiger partial charge on any atom is 0.137 e. The quantitative estimate of drug-likeness (QED) is 0.848.